The number of ether oxygens (including phenoxy) is 7. The lowest BCUT2D eigenvalue weighted by molar-refractivity contribution is -0.131. The number of amides is 6. The van der Waals surface area contributed by atoms with Gasteiger partial charge in [0.05, 0.1) is 74.5 Å². The monoisotopic (exact) mass is 1860 g/mol. The number of thiazole rings is 4. The fraction of sp³-hybridized carbons (Fsp3) is 0.195. The molecule has 0 spiro atoms. The second kappa shape index (κ2) is 48.7. The summed E-state index contributed by atoms with van der Waals surface area (Å²) in [5, 5.41) is 25.0. The third-order valence-electron chi connectivity index (χ3n) is 16.4. The summed E-state index contributed by atoms with van der Waals surface area (Å²) in [6, 6.07) is 36.7. The van der Waals surface area contributed by atoms with E-state index in [0.29, 0.717) is 107 Å². The Kier molecular flexibility index (Phi) is 38.6. The first kappa shape index (κ1) is 99.8. The van der Waals surface area contributed by atoms with Gasteiger partial charge in [-0.3, -0.25) is 67.3 Å². The summed E-state index contributed by atoms with van der Waals surface area (Å²) >= 11 is 17.6. The van der Waals surface area contributed by atoms with E-state index in [9.17, 15) is 67.7 Å². The quantitative estimate of drug-likeness (QED) is 0.0292. The summed E-state index contributed by atoms with van der Waals surface area (Å²) in [6.07, 6.45) is 10.2. The van der Waals surface area contributed by atoms with E-state index < -0.39 is 0 Å². The van der Waals surface area contributed by atoms with Gasteiger partial charge >= 0.3 is 0 Å². The molecular weight excluding hydrogens is 1780 g/mol. The van der Waals surface area contributed by atoms with Crippen LogP contribution >= 0.6 is 93.3 Å². The van der Waals surface area contributed by atoms with Crippen LogP contribution in [-0.2, 0) is 38.4 Å². The average Bonchev–Trinajstić information content (AvgIpc) is 1.63. The highest BCUT2D eigenvalue weighted by Crippen LogP contribution is 2.39. The highest BCUT2D eigenvalue weighted by Gasteiger charge is 2.35. The summed E-state index contributed by atoms with van der Waals surface area (Å²) < 4.78 is 42.3. The molecule has 0 saturated carbocycles. The first-order valence-corrected chi connectivity index (χ1v) is 42.7. The number of nitrogens with one attached hydrogen (secondary N) is 6. The number of H-pyrrole nitrogens is 4. The van der Waals surface area contributed by atoms with E-state index in [1.165, 1.54) is 119 Å². The number of aromatic hydroxyl groups is 2. The maximum absolute atomic E-state index is 12.3. The number of ketones is 2. The molecule has 0 radical (unpaired) electrons. The Morgan fingerprint density at radius 2 is 0.754 bits per heavy atom. The fourth-order valence-corrected chi connectivity index (χ4v) is 15.5. The Bertz CT molecular complexity index is 6490. The maximum Gasteiger partial charge on any atom is 0.266 e. The zero-order valence-electron chi connectivity index (χ0n) is 69.9. The van der Waals surface area contributed by atoms with Crippen LogP contribution < -0.4 is 103 Å². The van der Waals surface area contributed by atoms with E-state index in [1.807, 2.05) is 36.4 Å². The van der Waals surface area contributed by atoms with Crippen LogP contribution in [0.15, 0.2) is 156 Å². The molecule has 2 aliphatic rings. The van der Waals surface area contributed by atoms with Gasteiger partial charge in [0, 0.05) is 53.4 Å². The summed E-state index contributed by atoms with van der Waals surface area (Å²) in [5.41, 5.74) is 3.77. The van der Waals surface area contributed by atoms with Gasteiger partial charge in [0.2, 0.25) is 5.91 Å². The Balaban J connectivity index is 0.000000208. The number of carbonyl (C=O) groups excluding carboxylic acids is 8. The zero-order chi connectivity index (χ0) is 92.6. The van der Waals surface area contributed by atoms with Crippen LogP contribution in [0.4, 0.5) is 0 Å². The normalized spacial score (nSPS) is 13.1. The predicted molar refractivity (Wildman–Crippen MR) is 503 cm³/mol. The van der Waals surface area contributed by atoms with Crippen molar-refractivity contribution in [2.45, 2.75) is 13.8 Å². The van der Waals surface area contributed by atoms with Gasteiger partial charge in [-0.1, -0.05) is 141 Å². The van der Waals surface area contributed by atoms with Gasteiger partial charge in [0.1, 0.15) is 44.8 Å². The Hall–Kier alpha value is -13.3. The minimum Gasteiger partial charge on any atom is -0.504 e. The third-order valence-corrected chi connectivity index (χ3v) is 22.7. The minimum absolute atomic E-state index is 0.00547. The number of likely N-dealkylation sites (N-methyl/N-ethyl adjacent to an activating group) is 4. The van der Waals surface area contributed by atoms with Crippen molar-refractivity contribution in [1.29, 1.82) is 0 Å². The van der Waals surface area contributed by atoms with Crippen molar-refractivity contribution in [2.24, 2.45) is 0 Å². The van der Waals surface area contributed by atoms with Crippen molar-refractivity contribution >= 4 is 212 Å². The van der Waals surface area contributed by atoms with Crippen molar-refractivity contribution in [3.05, 3.63) is 249 Å². The minimum atomic E-state index is -0.360. The van der Waals surface area contributed by atoms with Gasteiger partial charge in [-0.2, -0.15) is 0 Å². The Morgan fingerprint density at radius 3 is 1.08 bits per heavy atom. The molecule has 12 rings (SSSR count). The van der Waals surface area contributed by atoms with Crippen LogP contribution in [-0.4, -0.2) is 209 Å². The number of carbonyl (C=O) groups is 8. The maximum atomic E-state index is 12.3. The van der Waals surface area contributed by atoms with Crippen molar-refractivity contribution in [2.75, 3.05) is 103 Å². The number of methoxy groups -OCH3 is 3. The number of phenols is 2. The number of hydrogen-bond acceptors (Lipinski definition) is 29. The number of phenolic OH excluding ortho intramolecular Hbond substituents is 2. The van der Waals surface area contributed by atoms with Gasteiger partial charge in [-0.25, -0.2) is 0 Å². The topological polar surface area (TPSA) is 410 Å². The molecule has 6 amide bonds. The van der Waals surface area contributed by atoms with Crippen LogP contribution in [0.25, 0.3) is 62.8 Å². The Labute approximate surface area is 755 Å². The molecule has 0 bridgehead atoms. The van der Waals surface area contributed by atoms with Crippen LogP contribution in [0, 0.1) is 0 Å². The predicted octanol–water partition coefficient (Wildman–Crippen LogP) is 4.28. The van der Waals surface area contributed by atoms with E-state index in [1.54, 1.807) is 151 Å². The lowest BCUT2D eigenvalue weighted by atomic mass is 10.1. The van der Waals surface area contributed by atoms with Crippen LogP contribution in [0.1, 0.15) is 47.2 Å². The number of aromatic nitrogens is 4. The number of nitrogens with zero attached hydrogens (tertiary/aromatic N) is 4. The van der Waals surface area contributed by atoms with Crippen LogP contribution in [0.5, 0.6) is 51.7 Å². The third kappa shape index (κ3) is 30.9. The number of benzene rings is 6. The highest BCUT2D eigenvalue weighted by molar-refractivity contribution is 8.27. The molecule has 10 aromatic rings. The SMILES string of the molecule is C=c1[nH]c(=O)/c(=C/c2ccc(OCC(=O)N(C)C)c(OC)c2)s1.C=c1[nH]c(=O)/c(=C/c2ccc(OCC(=O)N(C)C)cc2)s1.C=c1[nH]c(=O)/c(=C/c2ccc(OCC(=O)NC)cc2)s1.C=c1[nH]c(=O)/c(=C/c2ccc(OCC(C)=O)cc2)s1.CNC(=O)CN1C(=O)/C(=C/c2cccc(OC)c2O)SC1=S.COc1cccc(/C=C2\SC(=S)N(CC(C)=O)C2=O)c1O. The number of hydrogen-bond donors (Lipinski definition) is 8. The average molecular weight is 1870 g/mol. The Morgan fingerprint density at radius 1 is 0.421 bits per heavy atom. The lowest BCUT2D eigenvalue weighted by Crippen LogP contribution is -2.38. The number of Topliss-reactive ketones (excluding diaryl/α,β-unsaturated/α-hetero) is 2. The number of thiocarbonyl (C=S) groups is 2. The van der Waals surface area contributed by atoms with Crippen molar-refractivity contribution < 1.29 is 81.7 Å². The highest BCUT2D eigenvalue weighted by atomic mass is 32.2. The summed E-state index contributed by atoms with van der Waals surface area (Å²) in [6.45, 7) is 17.5. The number of rotatable bonds is 25. The van der Waals surface area contributed by atoms with E-state index in [2.05, 4.69) is 56.9 Å². The molecule has 39 heteroatoms. The van der Waals surface area contributed by atoms with Gasteiger partial charge in [0.15, 0.2) is 60.1 Å². The van der Waals surface area contributed by atoms with Crippen LogP contribution in [0.2, 0.25) is 0 Å². The van der Waals surface area contributed by atoms with Crippen molar-refractivity contribution in [3.63, 3.8) is 0 Å². The molecule has 2 aliphatic heterocycles. The molecule has 6 heterocycles. The number of thioether (sulfide) groups is 2. The number of para-hydroxylation sites is 2. The smallest absolute Gasteiger partial charge is 0.266 e. The van der Waals surface area contributed by atoms with Gasteiger partial charge < -0.3 is 83.7 Å². The molecule has 8 N–H and O–H groups in total. The molecule has 126 heavy (non-hydrogen) atoms. The molecule has 4 aromatic heterocycles. The summed E-state index contributed by atoms with van der Waals surface area (Å²) in [5.74, 6) is 1.75. The van der Waals surface area contributed by atoms with E-state index in [4.69, 9.17) is 57.6 Å². The first-order chi connectivity index (χ1) is 59.9. The van der Waals surface area contributed by atoms with Gasteiger partial charge in [-0.15, -0.1) is 45.3 Å². The van der Waals surface area contributed by atoms with Gasteiger partial charge in [-0.05, 0) is 133 Å². The second-order valence-corrected chi connectivity index (χ2v) is 34.3. The molecular formula is C87H88N10O21S8. The van der Waals surface area contributed by atoms with E-state index in [0.717, 1.165) is 45.8 Å². The first-order valence-electron chi connectivity index (χ1n) is 37.0. The molecule has 0 unspecified atom stereocenters. The molecule has 2 saturated heterocycles. The zero-order valence-corrected chi connectivity index (χ0v) is 76.4. The summed E-state index contributed by atoms with van der Waals surface area (Å²) in [4.78, 5) is 155. The lowest BCUT2D eigenvalue weighted by Gasteiger charge is -2.13. The molecule has 2 fully saturated rings. The molecule has 6 aromatic carbocycles. The standard InChI is InChI=1S/C16H18N2O4S.C15H16N2O3S.C14H14N2O4S2.C14H14N2O3S.C14H13NO4S2.C14H13NO3S/c1-10-17-16(20)14(23-10)8-11-5-6-12(13(7-11)21-4)22-9-15(19)18(2)3;1-10-16-15(19)13(21-10)8-11-4-6-12(7-5-11)20-9-14(18)17(2)3;1-15-11(17)7-16-13(19)10(22-14(16)21)6-8-4-3-5-9(20-2)12(8)18;1-9-16-14(18)12(20-9)7-10-3-5-11(6-4-10)19-8-13(17)15-2;1-8(16)7-15-13(18)11(21-14(15)20)6-9-4-3-5-10(19-2)12(9)17;1-9(16)8-18-12-5-3-11(4-6-12)7-13-14(17)15-10(2)19-13/h5-8H,1,9H2,2-4H3,(H,17,20);4-8H,1,9H2,2-3H3,(H,16,19);3-6,18H,7H2,1-2H3,(H,15,17);3-7H,1,8H2,2H3,(H,15,17)(H,16,18);3-6,17H,7H2,1-2H3;3-7H,2,8H2,1H3,(H,15,17)/b14-8-;13-8-;10-6-;12-7-;11-6-;13-7-. The number of aromatic amines is 4. The van der Waals surface area contributed by atoms with E-state index in [-0.39, 0.29) is 120 Å². The van der Waals surface area contributed by atoms with Gasteiger partial charge in [0.25, 0.3) is 51.8 Å². The van der Waals surface area contributed by atoms with Crippen LogP contribution in [0.3, 0.4) is 0 Å². The van der Waals surface area contributed by atoms with Crippen molar-refractivity contribution in [3.8, 4) is 51.7 Å². The van der Waals surface area contributed by atoms with Crippen molar-refractivity contribution in [1.82, 2.24) is 50.2 Å². The molecule has 660 valence electrons. The second-order valence-electron chi connectivity index (χ2n) is 26.4. The molecule has 0 aliphatic carbocycles. The summed E-state index contributed by atoms with van der Waals surface area (Å²) in [7, 11) is 14.1. The van der Waals surface area contributed by atoms with E-state index >= 15 is 0 Å². The largest absolute Gasteiger partial charge is 0.504 e. The molecule has 0 atom stereocenters. The molecule has 31 nitrogen and oxygen atoms in total. The fourth-order valence-electron chi connectivity index (χ4n) is 10.0.